The predicted octanol–water partition coefficient (Wildman–Crippen LogP) is 7.27. The highest BCUT2D eigenvalue weighted by atomic mass is 127. The Bertz CT molecular complexity index is 1480. The molecule has 4 aromatic rings. The molecule has 180 valence electrons. The second kappa shape index (κ2) is 10.8. The van der Waals surface area contributed by atoms with E-state index in [0.29, 0.717) is 23.0 Å². The van der Waals surface area contributed by atoms with Gasteiger partial charge in [0.05, 0.1) is 22.1 Å². The lowest BCUT2D eigenvalue weighted by atomic mass is 10.0. The first kappa shape index (κ1) is 24.4. The third kappa shape index (κ3) is 5.12. The van der Waals surface area contributed by atoms with Crippen molar-refractivity contribution in [2.75, 3.05) is 7.11 Å². The van der Waals surface area contributed by atoms with Gasteiger partial charge >= 0.3 is 0 Å². The number of hydrogen-bond donors (Lipinski definition) is 0. The van der Waals surface area contributed by atoms with E-state index in [0.717, 1.165) is 42.8 Å². The Hall–Kier alpha value is -3.30. The minimum absolute atomic E-state index is 0.233. The van der Waals surface area contributed by atoms with Crippen LogP contribution in [0.5, 0.6) is 11.5 Å². The van der Waals surface area contributed by atoms with Gasteiger partial charge < -0.3 is 9.47 Å². The van der Waals surface area contributed by atoms with E-state index < -0.39 is 0 Å². The van der Waals surface area contributed by atoms with Gasteiger partial charge in [-0.15, -0.1) is 0 Å². The van der Waals surface area contributed by atoms with Gasteiger partial charge in [-0.3, -0.25) is 14.5 Å². The largest absolute Gasteiger partial charge is 0.493 e. The topological polar surface area (TPSA) is 55.8 Å². The van der Waals surface area contributed by atoms with E-state index in [-0.39, 0.29) is 17.7 Å². The summed E-state index contributed by atoms with van der Waals surface area (Å²) in [4.78, 5) is 27.6. The molecule has 0 saturated carbocycles. The van der Waals surface area contributed by atoms with Gasteiger partial charge in [0, 0.05) is 0 Å². The summed E-state index contributed by atoms with van der Waals surface area (Å²) in [5.74, 6) is 0.915. The van der Waals surface area contributed by atoms with Crippen LogP contribution in [-0.2, 0) is 17.9 Å². The molecule has 7 heteroatoms. The summed E-state index contributed by atoms with van der Waals surface area (Å²) in [5, 5.41) is 1.84. The molecular formula is C29H22INO4S. The minimum Gasteiger partial charge on any atom is -0.493 e. The Morgan fingerprint density at radius 1 is 0.944 bits per heavy atom. The minimum atomic E-state index is -0.295. The maximum atomic E-state index is 13.2. The third-order valence-corrected chi connectivity index (χ3v) is 7.57. The molecule has 36 heavy (non-hydrogen) atoms. The molecule has 2 amide bonds. The zero-order chi connectivity index (χ0) is 25.1. The second-order valence-corrected chi connectivity index (χ2v) is 10.4. The van der Waals surface area contributed by atoms with Gasteiger partial charge in [-0.1, -0.05) is 72.8 Å². The van der Waals surface area contributed by atoms with Crippen LogP contribution in [-0.4, -0.2) is 23.2 Å². The number of methoxy groups -OCH3 is 1. The maximum absolute atomic E-state index is 13.2. The van der Waals surface area contributed by atoms with Gasteiger partial charge in [-0.05, 0) is 80.0 Å². The van der Waals surface area contributed by atoms with E-state index in [9.17, 15) is 9.59 Å². The van der Waals surface area contributed by atoms with Crippen LogP contribution in [0, 0.1) is 3.57 Å². The summed E-state index contributed by atoms with van der Waals surface area (Å²) in [6, 6.07) is 27.5. The Balaban J connectivity index is 1.37. The fourth-order valence-electron chi connectivity index (χ4n) is 4.08. The molecule has 4 aromatic carbocycles. The molecule has 1 aliphatic rings. The quantitative estimate of drug-likeness (QED) is 0.164. The molecule has 0 aromatic heterocycles. The molecule has 0 bridgehead atoms. The van der Waals surface area contributed by atoms with Crippen LogP contribution in [0.2, 0.25) is 0 Å². The summed E-state index contributed by atoms with van der Waals surface area (Å²) in [6.45, 7) is 0.649. The van der Waals surface area contributed by atoms with Crippen LogP contribution in [0.1, 0.15) is 16.7 Å². The summed E-state index contributed by atoms with van der Waals surface area (Å²) in [7, 11) is 1.59. The van der Waals surface area contributed by atoms with E-state index in [1.54, 1.807) is 13.2 Å². The molecule has 0 aliphatic carbocycles. The molecule has 1 heterocycles. The van der Waals surface area contributed by atoms with Crippen molar-refractivity contribution in [3.05, 3.63) is 110 Å². The number of carbonyl (C=O) groups is 2. The Labute approximate surface area is 227 Å². The fourth-order valence-corrected chi connectivity index (χ4v) is 5.70. The molecule has 0 atom stereocenters. The number of nitrogens with zero attached hydrogens (tertiary/aromatic N) is 1. The lowest BCUT2D eigenvalue weighted by Gasteiger charge is -2.15. The molecular weight excluding hydrogens is 585 g/mol. The Morgan fingerprint density at radius 3 is 2.50 bits per heavy atom. The number of benzene rings is 4. The average Bonchev–Trinajstić information content (AvgIpc) is 3.15. The van der Waals surface area contributed by atoms with Crippen LogP contribution in [0.3, 0.4) is 0 Å². The standard InChI is InChI=1S/C29H22INO4S/c1-34-25-15-20(14-24(30)27(25)35-18-19-8-3-2-4-9-19)16-26-28(32)31(29(33)36-26)17-22-12-7-11-21-10-5-6-13-23(21)22/h2-16H,17-18H2,1H3/b26-16+. The molecule has 0 unspecified atom stereocenters. The first-order valence-corrected chi connectivity index (χ1v) is 13.2. The van der Waals surface area contributed by atoms with Crippen molar-refractivity contribution in [3.63, 3.8) is 0 Å². The molecule has 0 spiro atoms. The lowest BCUT2D eigenvalue weighted by Crippen LogP contribution is -2.27. The predicted molar refractivity (Wildman–Crippen MR) is 152 cm³/mol. The first-order chi connectivity index (χ1) is 17.5. The number of fused-ring (bicyclic) bond motifs is 1. The average molecular weight is 607 g/mol. The van der Waals surface area contributed by atoms with Crippen LogP contribution in [0.25, 0.3) is 16.8 Å². The van der Waals surface area contributed by atoms with Gasteiger partial charge in [0.15, 0.2) is 11.5 Å². The van der Waals surface area contributed by atoms with Crippen LogP contribution in [0.15, 0.2) is 89.8 Å². The van der Waals surface area contributed by atoms with E-state index in [2.05, 4.69) is 22.6 Å². The van der Waals surface area contributed by atoms with Crippen molar-refractivity contribution < 1.29 is 19.1 Å². The molecule has 0 radical (unpaired) electrons. The van der Waals surface area contributed by atoms with Gasteiger partial charge in [-0.25, -0.2) is 0 Å². The normalized spacial score (nSPS) is 14.6. The number of carbonyl (C=O) groups excluding carboxylic acids is 2. The summed E-state index contributed by atoms with van der Waals surface area (Å²) >= 11 is 3.15. The van der Waals surface area contributed by atoms with Gasteiger partial charge in [0.2, 0.25) is 0 Å². The number of imide groups is 1. The SMILES string of the molecule is COc1cc(/C=C2/SC(=O)N(Cc3cccc4ccccc34)C2=O)cc(I)c1OCc1ccccc1. The monoisotopic (exact) mass is 607 g/mol. The molecule has 0 N–H and O–H groups in total. The lowest BCUT2D eigenvalue weighted by molar-refractivity contribution is -0.123. The highest BCUT2D eigenvalue weighted by molar-refractivity contribution is 14.1. The number of thioether (sulfide) groups is 1. The van der Waals surface area contributed by atoms with Crippen molar-refractivity contribution in [1.29, 1.82) is 0 Å². The molecule has 5 rings (SSSR count). The highest BCUT2D eigenvalue weighted by Crippen LogP contribution is 2.38. The molecule has 1 fully saturated rings. The first-order valence-electron chi connectivity index (χ1n) is 11.3. The smallest absolute Gasteiger partial charge is 0.293 e. The third-order valence-electron chi connectivity index (χ3n) is 5.86. The number of hydrogen-bond acceptors (Lipinski definition) is 5. The van der Waals surface area contributed by atoms with Gasteiger partial charge in [0.25, 0.3) is 11.1 Å². The number of ether oxygens (including phenoxy) is 2. The molecule has 1 saturated heterocycles. The van der Waals surface area contributed by atoms with Crippen molar-refractivity contribution >= 4 is 62.3 Å². The maximum Gasteiger partial charge on any atom is 0.293 e. The van der Waals surface area contributed by atoms with Crippen molar-refractivity contribution in [2.45, 2.75) is 13.2 Å². The zero-order valence-corrected chi connectivity index (χ0v) is 22.4. The number of halogens is 1. The Kier molecular flexibility index (Phi) is 7.29. The van der Waals surface area contributed by atoms with E-state index in [1.807, 2.05) is 84.9 Å². The van der Waals surface area contributed by atoms with E-state index in [4.69, 9.17) is 9.47 Å². The summed E-state index contributed by atoms with van der Waals surface area (Å²) < 4.78 is 12.5. The molecule has 5 nitrogen and oxygen atoms in total. The molecule has 1 aliphatic heterocycles. The fraction of sp³-hybridized carbons (Fsp3) is 0.103. The number of amides is 2. The van der Waals surface area contributed by atoms with E-state index in [1.165, 1.54) is 4.90 Å². The van der Waals surface area contributed by atoms with Crippen LogP contribution < -0.4 is 9.47 Å². The zero-order valence-electron chi connectivity index (χ0n) is 19.4. The highest BCUT2D eigenvalue weighted by Gasteiger charge is 2.35. The van der Waals surface area contributed by atoms with Crippen LogP contribution in [0.4, 0.5) is 4.79 Å². The van der Waals surface area contributed by atoms with Crippen LogP contribution >= 0.6 is 34.4 Å². The van der Waals surface area contributed by atoms with E-state index >= 15 is 0 Å². The van der Waals surface area contributed by atoms with Crippen molar-refractivity contribution in [1.82, 2.24) is 4.90 Å². The second-order valence-electron chi connectivity index (χ2n) is 8.21. The Morgan fingerprint density at radius 2 is 1.69 bits per heavy atom. The van der Waals surface area contributed by atoms with Gasteiger partial charge in [0.1, 0.15) is 6.61 Å². The van der Waals surface area contributed by atoms with Crippen molar-refractivity contribution in [2.24, 2.45) is 0 Å². The summed E-state index contributed by atoms with van der Waals surface area (Å²) in [6.07, 6.45) is 1.74. The van der Waals surface area contributed by atoms with Crippen molar-refractivity contribution in [3.8, 4) is 11.5 Å². The van der Waals surface area contributed by atoms with Gasteiger partial charge in [-0.2, -0.15) is 0 Å². The number of rotatable bonds is 7. The summed E-state index contributed by atoms with van der Waals surface area (Å²) in [5.41, 5.74) is 2.76.